The van der Waals surface area contributed by atoms with Crippen molar-refractivity contribution in [1.82, 2.24) is 0 Å². The molecule has 4 atom stereocenters. The molecule has 562 valence electrons. The Hall–Kier alpha value is -8.03. The number of nitrogens with zero attached hydrogens (tertiary/aromatic N) is 4. The van der Waals surface area contributed by atoms with Crippen LogP contribution in [0.2, 0.25) is 0 Å². The summed E-state index contributed by atoms with van der Waals surface area (Å²) in [6.07, 6.45) is 0. The second-order valence-electron chi connectivity index (χ2n) is 31.3. The summed E-state index contributed by atoms with van der Waals surface area (Å²) in [6, 6.07) is 93.4. The number of rotatable bonds is 14. The average Bonchev–Trinajstić information content (AvgIpc) is 1.52. The van der Waals surface area contributed by atoms with Crippen molar-refractivity contribution < 1.29 is 21.8 Å². The maximum absolute atomic E-state index is 5.73. The van der Waals surface area contributed by atoms with E-state index in [0.717, 1.165) is 45.3 Å². The molecule has 0 saturated carbocycles. The summed E-state index contributed by atoms with van der Waals surface area (Å²) in [5.41, 5.74) is 33.2. The minimum atomic E-state index is -0.307. The molecule has 2 unspecified atom stereocenters. The van der Waals surface area contributed by atoms with Crippen LogP contribution in [0.4, 0.5) is 22.7 Å². The van der Waals surface area contributed by atoms with E-state index in [4.69, 9.17) is 20.6 Å². The monoisotopic (exact) mass is 1780 g/mol. The Morgan fingerprint density at radius 2 is 0.682 bits per heavy atom. The van der Waals surface area contributed by atoms with Gasteiger partial charge < -0.3 is 10.6 Å². The maximum atomic E-state index is 5.73. The van der Waals surface area contributed by atoms with Crippen molar-refractivity contribution in [2.24, 2.45) is 9.98 Å². The topological polar surface area (TPSA) is 52.9 Å². The van der Waals surface area contributed by atoms with Crippen LogP contribution in [-0.4, -0.2) is 11.4 Å². The van der Waals surface area contributed by atoms with E-state index in [2.05, 4.69) is 422 Å². The van der Waals surface area contributed by atoms with E-state index < -0.39 is 0 Å². The normalized spacial score (nSPS) is 15.0. The third-order valence-corrected chi connectivity index (χ3v) is 22.8. The van der Waals surface area contributed by atoms with E-state index in [0.29, 0.717) is 0 Å². The van der Waals surface area contributed by atoms with Gasteiger partial charge in [-0.25, -0.2) is 9.98 Å². The molecule has 14 aromatic rings. The first-order valence-electron chi connectivity index (χ1n) is 37.7. The van der Waals surface area contributed by atoms with E-state index in [9.17, 15) is 0 Å². The Labute approximate surface area is 692 Å². The fraction of sp³-hybridized carbons (Fsp3) is 0.220. The van der Waals surface area contributed by atoms with Crippen LogP contribution in [0.3, 0.4) is 0 Å². The van der Waals surface area contributed by atoms with Gasteiger partial charge in [0.15, 0.2) is 0 Å². The molecule has 0 radical (unpaired) electrons. The zero-order chi connectivity index (χ0) is 78.0. The van der Waals surface area contributed by atoms with Gasteiger partial charge in [-0.15, -0.1) is 23.5 Å². The summed E-state index contributed by atoms with van der Waals surface area (Å²) in [4.78, 5) is 11.3. The third kappa shape index (κ3) is 16.5. The number of aryl methyl sites for hydroxylation is 10. The average molecular weight is 1790 g/mol. The van der Waals surface area contributed by atoms with Gasteiger partial charge in [0.2, 0.25) is 0 Å². The summed E-state index contributed by atoms with van der Waals surface area (Å²) >= 11 is 12.0. The standard InChI is InChI=1S/C52H44N2.C48H50N2.4BrH.2Ni/c1-33-21-27-46(44(29-33)51(3,4)40-25-23-35-13-7-9-15-38(35)31-40)53-49-42-19-11-17-37-18-12-20-43(48(37)42)50(49)54-47-28-22-34(2)30-45(47)52(5,6)41-26-24-36-14-8-10-16-39(36)32-41;1-27-17-19-42(40(25-27)35(9)44-31(5)21-29(3)22-32(44)6)49-47-38-15-11-13-37-14-12-16-39(46(37)38)48(47)50-43-20-18-28(2)26-41(43)36(10)45-33(7)23-30(4)24-34(45)8;;;;;;/h7-32H,1-6H3;11-26,35-36,47-48H,1-10H3;4*1H;;/q;-2;;;;;+2;+4/p-4/t;35-,36-,47?,48?;;;;;;/m.1....../s1. The van der Waals surface area contributed by atoms with Crippen LogP contribution in [0.1, 0.15) is 188 Å². The first-order valence-corrected chi connectivity index (χ1v) is 47.4. The molecular weight excluding hydrogens is 1690 g/mol. The number of aliphatic imine (C=N–C) groups is 2. The molecule has 0 N–H and O–H groups in total. The number of fused-ring (bicyclic) bond motifs is 2. The molecule has 10 heteroatoms. The second kappa shape index (κ2) is 34.1. The number of hydrogen-bond donors (Lipinski definition) is 0. The molecule has 0 fully saturated rings. The summed E-state index contributed by atoms with van der Waals surface area (Å²) in [7, 11) is 2.50. The van der Waals surface area contributed by atoms with E-state index in [1.807, 2.05) is 0 Å². The van der Waals surface area contributed by atoms with Crippen molar-refractivity contribution >= 4 is 134 Å². The SMILES string of the molecule is Cc1cc(C)c([C@H](C)c2cc(C)ccc2[N-]C2c3cccc4cccc(c34)C2[N-]c2ccc(C)cc2[C@@H](C)c2c(C)cc(C)cc2C)c(C)c1.Cc1ccc(N=C2C(=Nc3ccc(C)cc3C(C)(C)c3ccc4ccccc4c3)c3cccc4cccc2c34)c(C(C)(C)c2ccc3ccccc3c2)c1.[Br][Ni+2][Br].[Br][Ni][Br]. The molecule has 2 aliphatic carbocycles. The zero-order valence-electron chi connectivity index (χ0n) is 65.5. The van der Waals surface area contributed by atoms with Crippen molar-refractivity contribution in [3.63, 3.8) is 0 Å². The molecule has 0 saturated heterocycles. The van der Waals surface area contributed by atoms with Crippen LogP contribution >= 0.6 is 56.9 Å². The Bertz CT molecular complexity index is 5500. The molecule has 0 aromatic heterocycles. The molecule has 110 heavy (non-hydrogen) atoms. The number of halogens is 4. The fourth-order valence-electron chi connectivity index (χ4n) is 17.6. The van der Waals surface area contributed by atoms with Crippen LogP contribution in [0.5, 0.6) is 0 Å². The third-order valence-electron chi connectivity index (χ3n) is 22.8. The molecule has 0 spiro atoms. The Kier molecular flexibility index (Phi) is 24.8. The van der Waals surface area contributed by atoms with Gasteiger partial charge in [-0.1, -0.05) is 340 Å². The van der Waals surface area contributed by atoms with Gasteiger partial charge in [-0.3, -0.25) is 0 Å². The van der Waals surface area contributed by atoms with E-state index in [-0.39, 0.29) is 34.7 Å². The van der Waals surface area contributed by atoms with Crippen LogP contribution in [0, 0.1) is 69.2 Å². The van der Waals surface area contributed by atoms with Crippen LogP contribution in [0.25, 0.3) is 53.7 Å². The first-order chi connectivity index (χ1) is 52.8. The zero-order valence-corrected chi connectivity index (χ0v) is 73.8. The van der Waals surface area contributed by atoms with Crippen molar-refractivity contribution in [3.8, 4) is 0 Å². The minimum absolute atomic E-state index is 0.141. The quantitative estimate of drug-likeness (QED) is 0.0975. The van der Waals surface area contributed by atoms with Crippen LogP contribution in [0.15, 0.2) is 265 Å². The fourth-order valence-corrected chi connectivity index (χ4v) is 17.6. The van der Waals surface area contributed by atoms with Crippen molar-refractivity contribution in [2.75, 3.05) is 0 Å². The summed E-state index contributed by atoms with van der Waals surface area (Å²) in [6.45, 7) is 36.1. The van der Waals surface area contributed by atoms with Gasteiger partial charge in [0, 0.05) is 39.2 Å². The van der Waals surface area contributed by atoms with Gasteiger partial charge in [-0.05, 0) is 175 Å². The van der Waals surface area contributed by atoms with Crippen LogP contribution in [-0.2, 0) is 32.6 Å². The molecule has 2 aliphatic rings. The van der Waals surface area contributed by atoms with Gasteiger partial charge in [-0.2, -0.15) is 0 Å². The van der Waals surface area contributed by atoms with E-state index in [1.54, 1.807) is 0 Å². The van der Waals surface area contributed by atoms with Crippen molar-refractivity contribution in [2.45, 2.75) is 146 Å². The summed E-state index contributed by atoms with van der Waals surface area (Å²) in [5, 5.41) is 21.4. The van der Waals surface area contributed by atoms with Gasteiger partial charge in [0.05, 0.1) is 22.8 Å². The van der Waals surface area contributed by atoms with E-state index >= 15 is 0 Å². The van der Waals surface area contributed by atoms with Crippen molar-refractivity contribution in [1.29, 1.82) is 0 Å². The predicted octanol–water partition coefficient (Wildman–Crippen LogP) is 31.2. The summed E-state index contributed by atoms with van der Waals surface area (Å²) in [5.74, 6) is 0.407. The predicted molar refractivity (Wildman–Crippen MR) is 481 cm³/mol. The Morgan fingerprint density at radius 3 is 1.06 bits per heavy atom. The number of hydrogen-bond acceptors (Lipinski definition) is 2. The first kappa shape index (κ1) is 80.0. The van der Waals surface area contributed by atoms with Gasteiger partial charge in [0.1, 0.15) is 0 Å². The van der Waals surface area contributed by atoms with Gasteiger partial charge in [0.25, 0.3) is 0 Å². The molecule has 14 aromatic carbocycles. The molecule has 0 aliphatic heterocycles. The molecule has 0 heterocycles. The van der Waals surface area contributed by atoms with Gasteiger partial charge >= 0.3 is 78.7 Å². The second-order valence-corrected chi connectivity index (χ2v) is 41.2. The molecular formula is C100H94Br4N4Ni2. The van der Waals surface area contributed by atoms with E-state index in [1.165, 1.54) is 176 Å². The number of benzene rings is 14. The van der Waals surface area contributed by atoms with Crippen molar-refractivity contribution in [3.05, 3.63) is 388 Å². The Morgan fingerprint density at radius 1 is 0.355 bits per heavy atom. The molecule has 16 rings (SSSR count). The molecule has 0 amide bonds. The summed E-state index contributed by atoms with van der Waals surface area (Å²) < 4.78 is 0. The van der Waals surface area contributed by atoms with Crippen LogP contribution < -0.4 is 0 Å². The Balaban J connectivity index is 0.000000181. The molecule has 0 bridgehead atoms. The molecule has 4 nitrogen and oxygen atoms in total.